The van der Waals surface area contributed by atoms with Gasteiger partial charge in [0.1, 0.15) is 6.04 Å². The van der Waals surface area contributed by atoms with Gasteiger partial charge in [0.15, 0.2) is 0 Å². The first-order chi connectivity index (χ1) is 8.86. The minimum absolute atomic E-state index is 0.0501. The number of carboxylic acids is 1. The Balaban J connectivity index is 2.74. The van der Waals surface area contributed by atoms with Crippen molar-refractivity contribution in [3.8, 4) is 0 Å². The Labute approximate surface area is 111 Å². The first-order valence-electron chi connectivity index (χ1n) is 5.53. The van der Waals surface area contributed by atoms with Crippen molar-refractivity contribution < 1.29 is 22.5 Å². The van der Waals surface area contributed by atoms with E-state index < -0.39 is 28.7 Å². The lowest BCUT2D eigenvalue weighted by atomic mass is 10.2. The lowest BCUT2D eigenvalue weighted by molar-refractivity contribution is -0.139. The second-order valence-corrected chi connectivity index (χ2v) is 5.48. The van der Waals surface area contributed by atoms with Crippen LogP contribution in [-0.2, 0) is 25.5 Å². The highest BCUT2D eigenvalue weighted by Gasteiger charge is 2.19. The van der Waals surface area contributed by atoms with Gasteiger partial charge in [-0.2, -0.15) is 8.42 Å². The van der Waals surface area contributed by atoms with E-state index in [1.807, 2.05) is 0 Å². The number of nitrogens with two attached hydrogens (primary N) is 2. The summed E-state index contributed by atoms with van der Waals surface area (Å²) in [6, 6.07) is 4.63. The van der Waals surface area contributed by atoms with Crippen LogP contribution in [0.1, 0.15) is 5.56 Å². The van der Waals surface area contributed by atoms with Gasteiger partial charge in [-0.3, -0.25) is 8.98 Å². The van der Waals surface area contributed by atoms with Crippen LogP contribution in [-0.4, -0.2) is 38.7 Å². The second kappa shape index (κ2) is 6.62. The van der Waals surface area contributed by atoms with Gasteiger partial charge in [-0.15, -0.1) is 0 Å². The Morgan fingerprint density at radius 1 is 1.32 bits per heavy atom. The van der Waals surface area contributed by atoms with Crippen molar-refractivity contribution >= 4 is 16.1 Å². The minimum atomic E-state index is -4.00. The molecule has 0 heterocycles. The molecule has 0 bridgehead atoms. The molecule has 1 aromatic carbocycles. The summed E-state index contributed by atoms with van der Waals surface area (Å²) < 4.78 is 28.0. The fourth-order valence-corrected chi connectivity index (χ4v) is 2.22. The summed E-state index contributed by atoms with van der Waals surface area (Å²) in [4.78, 5) is 10.4. The normalized spacial score (nSPS) is 13.2. The van der Waals surface area contributed by atoms with Crippen LogP contribution >= 0.6 is 0 Å². The molecule has 1 atom stereocenters. The quantitative estimate of drug-likeness (QED) is 0.565. The van der Waals surface area contributed by atoms with Crippen molar-refractivity contribution in [1.82, 2.24) is 0 Å². The molecule has 5 N–H and O–H groups in total. The van der Waals surface area contributed by atoms with Crippen LogP contribution in [0.3, 0.4) is 0 Å². The highest BCUT2D eigenvalue weighted by Crippen LogP contribution is 2.13. The number of benzene rings is 1. The van der Waals surface area contributed by atoms with Crippen LogP contribution in [0.5, 0.6) is 0 Å². The number of aliphatic carboxylic acids is 1. The zero-order chi connectivity index (χ0) is 14.5. The van der Waals surface area contributed by atoms with Gasteiger partial charge in [0, 0.05) is 0 Å². The van der Waals surface area contributed by atoms with E-state index in [1.165, 1.54) is 12.1 Å². The number of carbonyl (C=O) groups is 1. The van der Waals surface area contributed by atoms with E-state index in [4.69, 9.17) is 16.6 Å². The third-order valence-corrected chi connectivity index (χ3v) is 3.66. The molecule has 19 heavy (non-hydrogen) atoms. The summed E-state index contributed by atoms with van der Waals surface area (Å²) in [6.45, 7) is -0.141. The molecule has 1 rings (SSSR count). The largest absolute Gasteiger partial charge is 0.480 e. The maximum absolute atomic E-state index is 11.7. The van der Waals surface area contributed by atoms with E-state index in [1.54, 1.807) is 12.1 Å². The molecular formula is C11H16N2O5S. The van der Waals surface area contributed by atoms with Crippen LogP contribution in [0.25, 0.3) is 0 Å². The average Bonchev–Trinajstić information content (AvgIpc) is 2.37. The standard InChI is InChI=1S/C11H16N2O5S/c12-6-5-8-1-3-9(4-2-8)19(16,17)18-7-10(13)11(14)15/h1-4,10H,5-7,12-13H2,(H,14,15)/t10-/m0/s1. The number of hydrogen-bond acceptors (Lipinski definition) is 6. The summed E-state index contributed by atoms with van der Waals surface area (Å²) in [6.07, 6.45) is 0.644. The van der Waals surface area contributed by atoms with Gasteiger partial charge in [-0.25, -0.2) is 0 Å². The van der Waals surface area contributed by atoms with Crippen LogP contribution in [0.4, 0.5) is 0 Å². The predicted octanol–water partition coefficient (Wildman–Crippen LogP) is -0.695. The molecular weight excluding hydrogens is 272 g/mol. The molecule has 0 aliphatic rings. The Bertz CT molecular complexity index is 527. The molecule has 0 saturated heterocycles. The predicted molar refractivity (Wildman–Crippen MR) is 67.9 cm³/mol. The fourth-order valence-electron chi connectivity index (χ4n) is 1.29. The van der Waals surface area contributed by atoms with Gasteiger partial charge in [0.25, 0.3) is 10.1 Å². The Kier molecular flexibility index (Phi) is 5.43. The lowest BCUT2D eigenvalue weighted by Gasteiger charge is -2.08. The SMILES string of the molecule is NCCc1ccc(S(=O)(=O)OC[C@H](N)C(=O)O)cc1. The van der Waals surface area contributed by atoms with Crippen LogP contribution in [0.15, 0.2) is 29.2 Å². The van der Waals surface area contributed by atoms with E-state index in [0.29, 0.717) is 13.0 Å². The molecule has 1 aromatic rings. The van der Waals surface area contributed by atoms with Crippen molar-refractivity contribution in [1.29, 1.82) is 0 Å². The van der Waals surface area contributed by atoms with Gasteiger partial charge in [-0.1, -0.05) is 12.1 Å². The number of hydrogen-bond donors (Lipinski definition) is 3. The van der Waals surface area contributed by atoms with E-state index >= 15 is 0 Å². The summed E-state index contributed by atoms with van der Waals surface area (Å²) >= 11 is 0. The van der Waals surface area contributed by atoms with Crippen molar-refractivity contribution in [2.24, 2.45) is 11.5 Å². The average molecular weight is 288 g/mol. The maximum Gasteiger partial charge on any atom is 0.322 e. The van der Waals surface area contributed by atoms with Crippen LogP contribution in [0, 0.1) is 0 Å². The molecule has 0 amide bonds. The third kappa shape index (κ3) is 4.60. The molecule has 0 radical (unpaired) electrons. The summed E-state index contributed by atoms with van der Waals surface area (Å²) in [5, 5.41) is 8.53. The summed E-state index contributed by atoms with van der Waals surface area (Å²) in [5.74, 6) is -1.33. The first kappa shape index (κ1) is 15.6. The molecule has 0 aliphatic heterocycles. The molecule has 0 aliphatic carbocycles. The fraction of sp³-hybridized carbons (Fsp3) is 0.364. The highest BCUT2D eigenvalue weighted by molar-refractivity contribution is 7.86. The van der Waals surface area contributed by atoms with E-state index in [-0.39, 0.29) is 4.90 Å². The molecule has 0 aromatic heterocycles. The second-order valence-electron chi connectivity index (χ2n) is 3.87. The van der Waals surface area contributed by atoms with E-state index in [2.05, 4.69) is 4.18 Å². The van der Waals surface area contributed by atoms with Crippen molar-refractivity contribution in [3.63, 3.8) is 0 Å². The van der Waals surface area contributed by atoms with Gasteiger partial charge < -0.3 is 16.6 Å². The molecule has 106 valence electrons. The monoisotopic (exact) mass is 288 g/mol. The van der Waals surface area contributed by atoms with Crippen molar-refractivity contribution in [3.05, 3.63) is 29.8 Å². The summed E-state index contributed by atoms with van der Waals surface area (Å²) in [7, 11) is -4.00. The zero-order valence-corrected chi connectivity index (χ0v) is 11.0. The lowest BCUT2D eigenvalue weighted by Crippen LogP contribution is -2.35. The first-order valence-corrected chi connectivity index (χ1v) is 6.94. The molecule has 8 heteroatoms. The van der Waals surface area contributed by atoms with Crippen LogP contribution in [0.2, 0.25) is 0 Å². The van der Waals surface area contributed by atoms with Gasteiger partial charge >= 0.3 is 5.97 Å². The van der Waals surface area contributed by atoms with Gasteiger partial charge in [0.2, 0.25) is 0 Å². The van der Waals surface area contributed by atoms with Gasteiger partial charge in [0.05, 0.1) is 11.5 Å². The topological polar surface area (TPSA) is 133 Å². The number of rotatable bonds is 7. The minimum Gasteiger partial charge on any atom is -0.480 e. The zero-order valence-electron chi connectivity index (χ0n) is 10.2. The van der Waals surface area contributed by atoms with E-state index in [0.717, 1.165) is 5.56 Å². The Hall–Kier alpha value is -1.48. The number of carboxylic acid groups (broad SMARTS) is 1. The highest BCUT2D eigenvalue weighted by atomic mass is 32.2. The van der Waals surface area contributed by atoms with Gasteiger partial charge in [-0.05, 0) is 30.7 Å². The Morgan fingerprint density at radius 2 is 1.89 bits per heavy atom. The third-order valence-electron chi connectivity index (χ3n) is 2.36. The molecule has 0 unspecified atom stereocenters. The smallest absolute Gasteiger partial charge is 0.322 e. The molecule has 0 fully saturated rings. The molecule has 7 nitrogen and oxygen atoms in total. The van der Waals surface area contributed by atoms with Crippen LogP contribution < -0.4 is 11.5 Å². The molecule has 0 saturated carbocycles. The van der Waals surface area contributed by atoms with Crippen molar-refractivity contribution in [2.45, 2.75) is 17.4 Å². The van der Waals surface area contributed by atoms with E-state index in [9.17, 15) is 13.2 Å². The van der Waals surface area contributed by atoms with Crippen molar-refractivity contribution in [2.75, 3.05) is 13.2 Å². The summed E-state index contributed by atoms with van der Waals surface area (Å²) in [5.41, 5.74) is 11.5. The maximum atomic E-state index is 11.7. The Morgan fingerprint density at radius 3 is 2.37 bits per heavy atom. The molecule has 0 spiro atoms.